The van der Waals surface area contributed by atoms with Gasteiger partial charge in [-0.05, 0) is 39.5 Å². The Labute approximate surface area is 98.9 Å². The zero-order valence-corrected chi connectivity index (χ0v) is 11.0. The Balaban J connectivity index is 2.35. The summed E-state index contributed by atoms with van der Waals surface area (Å²) in [5.41, 5.74) is -0.429. The molecule has 3 heteroatoms. The largest absolute Gasteiger partial charge is 0.469 e. The molecule has 0 amide bonds. The van der Waals surface area contributed by atoms with Gasteiger partial charge in [0.1, 0.15) is 0 Å². The summed E-state index contributed by atoms with van der Waals surface area (Å²) < 4.78 is 4.79. The molecule has 1 atom stereocenters. The third-order valence-electron chi connectivity index (χ3n) is 3.71. The Morgan fingerprint density at radius 3 is 2.50 bits per heavy atom. The van der Waals surface area contributed by atoms with Crippen LogP contribution in [0, 0.1) is 11.3 Å². The smallest absolute Gasteiger partial charge is 0.312 e. The van der Waals surface area contributed by atoms with Crippen LogP contribution in [0.15, 0.2) is 0 Å². The van der Waals surface area contributed by atoms with Gasteiger partial charge >= 0.3 is 5.97 Å². The Kier molecular flexibility index (Phi) is 4.78. The van der Waals surface area contributed by atoms with Crippen molar-refractivity contribution in [1.82, 2.24) is 5.32 Å². The highest BCUT2D eigenvalue weighted by Crippen LogP contribution is 2.28. The lowest BCUT2D eigenvalue weighted by molar-refractivity contribution is -0.150. The second kappa shape index (κ2) is 5.67. The van der Waals surface area contributed by atoms with E-state index in [1.165, 1.54) is 32.8 Å². The Hall–Kier alpha value is -0.570. The van der Waals surface area contributed by atoms with Gasteiger partial charge in [0.25, 0.3) is 0 Å². The molecule has 0 aromatic carbocycles. The molecule has 1 fully saturated rings. The Morgan fingerprint density at radius 2 is 2.00 bits per heavy atom. The monoisotopic (exact) mass is 227 g/mol. The predicted molar refractivity (Wildman–Crippen MR) is 65.2 cm³/mol. The van der Waals surface area contributed by atoms with Crippen LogP contribution in [0.5, 0.6) is 0 Å². The average molecular weight is 227 g/mol. The van der Waals surface area contributed by atoms with E-state index in [0.29, 0.717) is 12.6 Å². The number of carbonyl (C=O) groups is 1. The van der Waals surface area contributed by atoms with Gasteiger partial charge in [0.05, 0.1) is 12.5 Å². The van der Waals surface area contributed by atoms with E-state index in [1.54, 1.807) is 0 Å². The third kappa shape index (κ3) is 3.48. The fourth-order valence-corrected chi connectivity index (χ4v) is 2.39. The van der Waals surface area contributed by atoms with Crippen LogP contribution < -0.4 is 5.32 Å². The van der Waals surface area contributed by atoms with Crippen molar-refractivity contribution >= 4 is 5.97 Å². The number of nitrogens with one attached hydrogen (secondary N) is 1. The van der Waals surface area contributed by atoms with E-state index in [2.05, 4.69) is 12.2 Å². The molecule has 1 rings (SSSR count). The van der Waals surface area contributed by atoms with Gasteiger partial charge in [-0.15, -0.1) is 0 Å². The van der Waals surface area contributed by atoms with Crippen LogP contribution >= 0.6 is 0 Å². The number of hydrogen-bond donors (Lipinski definition) is 1. The van der Waals surface area contributed by atoms with Crippen molar-refractivity contribution in [2.45, 2.75) is 52.5 Å². The third-order valence-corrected chi connectivity index (χ3v) is 3.71. The molecule has 1 aliphatic rings. The quantitative estimate of drug-likeness (QED) is 0.733. The van der Waals surface area contributed by atoms with Crippen LogP contribution in [0.4, 0.5) is 0 Å². The van der Waals surface area contributed by atoms with E-state index in [9.17, 15) is 4.79 Å². The zero-order valence-electron chi connectivity index (χ0n) is 11.0. The summed E-state index contributed by atoms with van der Waals surface area (Å²) in [6, 6.07) is 0.506. The van der Waals surface area contributed by atoms with Crippen LogP contribution in [-0.4, -0.2) is 25.7 Å². The van der Waals surface area contributed by atoms with Crippen molar-refractivity contribution in [3.05, 3.63) is 0 Å². The van der Waals surface area contributed by atoms with Crippen LogP contribution in [0.2, 0.25) is 0 Å². The fraction of sp³-hybridized carbons (Fsp3) is 0.923. The van der Waals surface area contributed by atoms with Gasteiger partial charge in [-0.25, -0.2) is 0 Å². The van der Waals surface area contributed by atoms with Gasteiger partial charge in [0.15, 0.2) is 0 Å². The maximum atomic E-state index is 11.5. The molecule has 0 spiro atoms. The summed E-state index contributed by atoms with van der Waals surface area (Å²) in [5, 5.41) is 3.48. The normalized spacial score (nSPS) is 19.8. The second-order valence-electron chi connectivity index (χ2n) is 5.59. The molecule has 1 aliphatic carbocycles. The van der Waals surface area contributed by atoms with E-state index in [4.69, 9.17) is 4.74 Å². The van der Waals surface area contributed by atoms with Crippen molar-refractivity contribution in [2.75, 3.05) is 13.7 Å². The first-order valence-corrected chi connectivity index (χ1v) is 6.29. The summed E-state index contributed by atoms with van der Waals surface area (Å²) in [6.07, 6.45) is 5.37. The summed E-state index contributed by atoms with van der Waals surface area (Å²) in [7, 11) is 1.45. The highest BCUT2D eigenvalue weighted by molar-refractivity contribution is 5.76. The van der Waals surface area contributed by atoms with Crippen molar-refractivity contribution in [2.24, 2.45) is 11.3 Å². The van der Waals surface area contributed by atoms with Gasteiger partial charge in [0, 0.05) is 12.6 Å². The first-order chi connectivity index (χ1) is 7.47. The number of hydrogen-bond acceptors (Lipinski definition) is 3. The summed E-state index contributed by atoms with van der Waals surface area (Å²) >= 11 is 0. The van der Waals surface area contributed by atoms with Crippen LogP contribution in [-0.2, 0) is 9.53 Å². The molecule has 3 nitrogen and oxygen atoms in total. The minimum Gasteiger partial charge on any atom is -0.469 e. The Bertz CT molecular complexity index is 232. The van der Waals surface area contributed by atoms with Gasteiger partial charge in [-0.1, -0.05) is 12.8 Å². The van der Waals surface area contributed by atoms with Crippen LogP contribution in [0.1, 0.15) is 46.5 Å². The molecular weight excluding hydrogens is 202 g/mol. The van der Waals surface area contributed by atoms with E-state index in [-0.39, 0.29) is 5.97 Å². The first kappa shape index (κ1) is 13.5. The molecule has 0 bridgehead atoms. The van der Waals surface area contributed by atoms with Crippen molar-refractivity contribution in [1.29, 1.82) is 0 Å². The summed E-state index contributed by atoms with van der Waals surface area (Å²) in [5.74, 6) is 0.645. The van der Waals surface area contributed by atoms with E-state index in [0.717, 1.165) is 5.92 Å². The molecule has 16 heavy (non-hydrogen) atoms. The van der Waals surface area contributed by atoms with Crippen molar-refractivity contribution in [3.8, 4) is 0 Å². The molecule has 94 valence electrons. The molecular formula is C13H25NO2. The number of carbonyl (C=O) groups excluding carboxylic acids is 1. The molecule has 0 unspecified atom stereocenters. The van der Waals surface area contributed by atoms with Crippen LogP contribution in [0.3, 0.4) is 0 Å². The molecule has 0 heterocycles. The SMILES string of the molecule is COC(=O)C(C)(C)CN[C@@H](C)C1CCCC1. The average Bonchev–Trinajstić information content (AvgIpc) is 2.78. The molecule has 0 radical (unpaired) electrons. The molecule has 0 aromatic heterocycles. The predicted octanol–water partition coefficient (Wildman–Crippen LogP) is 2.35. The maximum absolute atomic E-state index is 11.5. The van der Waals surface area contributed by atoms with E-state index in [1.807, 2.05) is 13.8 Å². The molecule has 0 aliphatic heterocycles. The van der Waals surface area contributed by atoms with E-state index >= 15 is 0 Å². The lowest BCUT2D eigenvalue weighted by Gasteiger charge is -2.27. The zero-order chi connectivity index (χ0) is 12.2. The topological polar surface area (TPSA) is 38.3 Å². The molecule has 1 N–H and O–H groups in total. The lowest BCUT2D eigenvalue weighted by atomic mass is 9.92. The maximum Gasteiger partial charge on any atom is 0.312 e. The standard InChI is InChI=1S/C13H25NO2/c1-10(11-7-5-6-8-11)14-9-13(2,3)12(15)16-4/h10-11,14H,5-9H2,1-4H3/t10-/m0/s1. The lowest BCUT2D eigenvalue weighted by Crippen LogP contribution is -2.42. The number of esters is 1. The minimum absolute atomic E-state index is 0.140. The van der Waals surface area contributed by atoms with Gasteiger partial charge in [-0.3, -0.25) is 4.79 Å². The highest BCUT2D eigenvalue weighted by atomic mass is 16.5. The Morgan fingerprint density at radius 1 is 1.44 bits per heavy atom. The van der Waals surface area contributed by atoms with Gasteiger partial charge < -0.3 is 10.1 Å². The van der Waals surface area contributed by atoms with Crippen LogP contribution in [0.25, 0.3) is 0 Å². The fourth-order valence-electron chi connectivity index (χ4n) is 2.39. The number of ether oxygens (including phenoxy) is 1. The summed E-state index contributed by atoms with van der Waals surface area (Å²) in [4.78, 5) is 11.5. The summed E-state index contributed by atoms with van der Waals surface area (Å²) in [6.45, 7) is 6.76. The van der Waals surface area contributed by atoms with E-state index < -0.39 is 5.41 Å². The molecule has 1 saturated carbocycles. The molecule has 0 saturated heterocycles. The second-order valence-corrected chi connectivity index (χ2v) is 5.59. The van der Waals surface area contributed by atoms with Crippen molar-refractivity contribution in [3.63, 3.8) is 0 Å². The molecule has 0 aromatic rings. The number of methoxy groups -OCH3 is 1. The van der Waals surface area contributed by atoms with Crippen molar-refractivity contribution < 1.29 is 9.53 Å². The van der Waals surface area contributed by atoms with Gasteiger partial charge in [-0.2, -0.15) is 0 Å². The highest BCUT2D eigenvalue weighted by Gasteiger charge is 2.30. The van der Waals surface area contributed by atoms with Gasteiger partial charge in [0.2, 0.25) is 0 Å². The first-order valence-electron chi connectivity index (χ1n) is 6.29. The minimum atomic E-state index is -0.429. The number of rotatable bonds is 5.